The minimum atomic E-state index is -3.78. The molecule has 1 aromatic carbocycles. The second kappa shape index (κ2) is 10.8. The van der Waals surface area contributed by atoms with E-state index in [1.165, 1.54) is 17.1 Å². The minimum absolute atomic E-state index is 0.0270. The third-order valence-electron chi connectivity index (χ3n) is 6.69. The van der Waals surface area contributed by atoms with Gasteiger partial charge in [0, 0.05) is 32.1 Å². The Morgan fingerprint density at radius 1 is 1.09 bits per heavy atom. The summed E-state index contributed by atoms with van der Waals surface area (Å²) in [5.74, 6) is 0.0912. The predicted molar refractivity (Wildman–Crippen MR) is 132 cm³/mol. The third-order valence-corrected chi connectivity index (χ3v) is 8.74. The predicted octanol–water partition coefficient (Wildman–Crippen LogP) is 3.07. The van der Waals surface area contributed by atoms with Crippen LogP contribution in [0.1, 0.15) is 48.3 Å². The van der Waals surface area contributed by atoms with Gasteiger partial charge in [-0.1, -0.05) is 41.1 Å². The fourth-order valence-corrected chi connectivity index (χ4v) is 6.34. The molecule has 2 aromatic rings. The number of carbonyl (C=O) groups excluding carboxylic acids is 1. The first-order chi connectivity index (χ1) is 16.3. The molecule has 3 heterocycles. The Labute approximate surface area is 202 Å². The molecule has 4 rings (SSSR count). The highest BCUT2D eigenvalue weighted by molar-refractivity contribution is 7.89. The molecule has 2 aliphatic heterocycles. The van der Waals surface area contributed by atoms with Crippen molar-refractivity contribution in [1.82, 2.24) is 19.7 Å². The van der Waals surface area contributed by atoms with Gasteiger partial charge in [-0.05, 0) is 64.3 Å². The number of nitrogens with one attached hydrogen (secondary N) is 1. The number of sulfonamides is 1. The maximum atomic E-state index is 13.4. The Kier molecular flexibility index (Phi) is 7.85. The quantitative estimate of drug-likeness (QED) is 0.616. The summed E-state index contributed by atoms with van der Waals surface area (Å²) in [7, 11) is -3.78. The summed E-state index contributed by atoms with van der Waals surface area (Å²) in [6, 6.07) is 7.92. The van der Waals surface area contributed by atoms with E-state index in [1.54, 1.807) is 13.0 Å². The van der Waals surface area contributed by atoms with E-state index in [0.717, 1.165) is 30.8 Å². The van der Waals surface area contributed by atoms with Crippen molar-refractivity contribution >= 4 is 28.1 Å². The monoisotopic (exact) mass is 486 g/mol. The van der Waals surface area contributed by atoms with Gasteiger partial charge in [-0.15, -0.1) is 0 Å². The normalized spacial score (nSPS) is 18.6. The zero-order valence-electron chi connectivity index (χ0n) is 20.0. The molecule has 1 N–H and O–H groups in total. The number of amides is 1. The summed E-state index contributed by atoms with van der Waals surface area (Å²) in [5.41, 5.74) is 2.43. The summed E-state index contributed by atoms with van der Waals surface area (Å²) in [5, 5.41) is 6.95. The number of benzene rings is 1. The highest BCUT2D eigenvalue weighted by atomic mass is 32.2. The van der Waals surface area contributed by atoms with Crippen LogP contribution in [0.25, 0.3) is 12.2 Å². The number of nitrogens with zero attached hydrogens (tertiary/aromatic N) is 3. The summed E-state index contributed by atoms with van der Waals surface area (Å²) in [4.78, 5) is 15.0. The van der Waals surface area contributed by atoms with Crippen LogP contribution in [-0.4, -0.2) is 68.0 Å². The molecule has 8 nitrogen and oxygen atoms in total. The van der Waals surface area contributed by atoms with Crippen LogP contribution in [0.5, 0.6) is 0 Å². The molecule has 0 atom stereocenters. The van der Waals surface area contributed by atoms with Gasteiger partial charge in [0.2, 0.25) is 15.9 Å². The lowest BCUT2D eigenvalue weighted by atomic mass is 9.97. The maximum absolute atomic E-state index is 13.4. The molecule has 1 amide bonds. The second-order valence-corrected chi connectivity index (χ2v) is 11.1. The summed E-state index contributed by atoms with van der Waals surface area (Å²) in [6.07, 6.45) is 6.95. The van der Waals surface area contributed by atoms with Crippen LogP contribution in [0, 0.1) is 19.8 Å². The summed E-state index contributed by atoms with van der Waals surface area (Å²) >= 11 is 0. The Hall–Kier alpha value is -2.49. The van der Waals surface area contributed by atoms with Crippen molar-refractivity contribution in [1.29, 1.82) is 0 Å². The van der Waals surface area contributed by atoms with Crippen LogP contribution in [0.4, 0.5) is 0 Å². The molecule has 0 spiro atoms. The Balaban J connectivity index is 1.36. The fraction of sp³-hybridized carbons (Fsp3) is 0.520. The molecule has 9 heteroatoms. The first-order valence-electron chi connectivity index (χ1n) is 12.1. The molecule has 2 fully saturated rings. The molecule has 0 bridgehead atoms. The van der Waals surface area contributed by atoms with Crippen LogP contribution in [0.3, 0.4) is 0 Å². The lowest BCUT2D eigenvalue weighted by Crippen LogP contribution is -2.44. The van der Waals surface area contributed by atoms with Gasteiger partial charge in [-0.2, -0.15) is 4.31 Å². The maximum Gasteiger partial charge on any atom is 0.248 e. The highest BCUT2D eigenvalue weighted by Gasteiger charge is 2.35. The molecule has 2 saturated heterocycles. The first-order valence-corrected chi connectivity index (χ1v) is 13.5. The average Bonchev–Trinajstić information content (AvgIpc) is 3.48. The van der Waals surface area contributed by atoms with Crippen molar-refractivity contribution in [2.24, 2.45) is 5.92 Å². The molecule has 0 radical (unpaired) electrons. The number of aryl methyl sites for hydroxylation is 2. The van der Waals surface area contributed by atoms with Crippen LogP contribution < -0.4 is 5.32 Å². The van der Waals surface area contributed by atoms with E-state index in [4.69, 9.17) is 4.52 Å². The van der Waals surface area contributed by atoms with Gasteiger partial charge in [0.1, 0.15) is 5.69 Å². The van der Waals surface area contributed by atoms with Gasteiger partial charge in [0.05, 0.1) is 0 Å². The number of piperidine rings is 1. The van der Waals surface area contributed by atoms with Crippen molar-refractivity contribution in [2.75, 3.05) is 39.3 Å². The van der Waals surface area contributed by atoms with Gasteiger partial charge in [-0.25, -0.2) is 8.42 Å². The van der Waals surface area contributed by atoms with E-state index >= 15 is 0 Å². The zero-order chi connectivity index (χ0) is 24.1. The topological polar surface area (TPSA) is 95.8 Å². The molecular weight excluding hydrogens is 452 g/mol. The van der Waals surface area contributed by atoms with Gasteiger partial charge in [0.25, 0.3) is 0 Å². The van der Waals surface area contributed by atoms with Crippen LogP contribution in [0.2, 0.25) is 0 Å². The van der Waals surface area contributed by atoms with Crippen molar-refractivity contribution < 1.29 is 17.7 Å². The number of aromatic nitrogens is 1. The Bertz CT molecular complexity index is 1110. The van der Waals surface area contributed by atoms with Gasteiger partial charge in [0.15, 0.2) is 10.7 Å². The third kappa shape index (κ3) is 5.76. The lowest BCUT2D eigenvalue weighted by Gasteiger charge is -2.30. The SMILES string of the molecule is Cc1ccc(C=Cc2onc(C)c2S(=O)(=O)N2CCC(C(=O)NCCN3CCCC3)CC2)cc1. The standard InChI is InChI=1S/C25H34N4O4S/c1-19-5-7-21(8-6-19)9-10-23-24(20(2)27-33-23)34(31,32)29-16-11-22(12-17-29)25(30)26-13-18-28-14-3-4-15-28/h5-10,22H,3-4,11-18H2,1-2H3,(H,26,30). The van der Waals surface area contributed by atoms with E-state index in [9.17, 15) is 13.2 Å². The van der Waals surface area contributed by atoms with Crippen molar-refractivity contribution in [3.8, 4) is 0 Å². The minimum Gasteiger partial charge on any atom is -0.355 e. The van der Waals surface area contributed by atoms with Gasteiger partial charge < -0.3 is 14.7 Å². The molecule has 1 aromatic heterocycles. The molecular formula is C25H34N4O4S. The smallest absolute Gasteiger partial charge is 0.248 e. The molecule has 184 valence electrons. The van der Waals surface area contributed by atoms with Gasteiger partial charge >= 0.3 is 0 Å². The van der Waals surface area contributed by atoms with E-state index in [2.05, 4.69) is 15.4 Å². The molecule has 0 aliphatic carbocycles. The average molecular weight is 487 g/mol. The molecule has 0 unspecified atom stereocenters. The highest BCUT2D eigenvalue weighted by Crippen LogP contribution is 2.29. The number of hydrogen-bond donors (Lipinski definition) is 1. The number of rotatable bonds is 8. The first kappa shape index (κ1) is 24.6. The lowest BCUT2D eigenvalue weighted by molar-refractivity contribution is -0.126. The van der Waals surface area contributed by atoms with E-state index < -0.39 is 10.0 Å². The summed E-state index contributed by atoms with van der Waals surface area (Å²) < 4.78 is 33.7. The van der Waals surface area contributed by atoms with Gasteiger partial charge in [-0.3, -0.25) is 4.79 Å². The Morgan fingerprint density at radius 2 is 1.76 bits per heavy atom. The van der Waals surface area contributed by atoms with E-state index in [1.807, 2.05) is 37.3 Å². The fourth-order valence-electron chi connectivity index (χ4n) is 4.62. The zero-order valence-corrected chi connectivity index (χ0v) is 20.8. The van der Waals surface area contributed by atoms with Crippen LogP contribution in [0.15, 0.2) is 33.7 Å². The van der Waals surface area contributed by atoms with E-state index in [0.29, 0.717) is 38.2 Å². The number of hydrogen-bond acceptors (Lipinski definition) is 6. The van der Waals surface area contributed by atoms with Crippen molar-refractivity contribution in [3.05, 3.63) is 46.8 Å². The van der Waals surface area contributed by atoms with Crippen LogP contribution >= 0.6 is 0 Å². The van der Waals surface area contributed by atoms with E-state index in [-0.39, 0.29) is 22.5 Å². The molecule has 0 saturated carbocycles. The number of likely N-dealkylation sites (tertiary alicyclic amines) is 1. The Morgan fingerprint density at radius 3 is 2.44 bits per heavy atom. The molecule has 2 aliphatic rings. The summed E-state index contributed by atoms with van der Waals surface area (Å²) in [6.45, 7) is 8.00. The largest absolute Gasteiger partial charge is 0.355 e. The second-order valence-electron chi connectivity index (χ2n) is 9.22. The van der Waals surface area contributed by atoms with Crippen LogP contribution in [-0.2, 0) is 14.8 Å². The molecule has 34 heavy (non-hydrogen) atoms. The number of carbonyl (C=O) groups is 1. The van der Waals surface area contributed by atoms with Crippen molar-refractivity contribution in [3.63, 3.8) is 0 Å². The van der Waals surface area contributed by atoms with Crippen molar-refractivity contribution in [2.45, 2.75) is 44.4 Å².